The van der Waals surface area contributed by atoms with Crippen molar-refractivity contribution in [2.45, 2.75) is 33.2 Å². The molecule has 0 saturated heterocycles. The molecule has 1 aromatic carbocycles. The number of ether oxygens (including phenoxy) is 2. The summed E-state index contributed by atoms with van der Waals surface area (Å²) in [5.74, 6) is 1.64. The fourth-order valence-electron chi connectivity index (χ4n) is 3.38. The Morgan fingerprint density at radius 2 is 1.54 bits per heavy atom. The van der Waals surface area contributed by atoms with Crippen LogP contribution in [0.25, 0.3) is 0 Å². The molecule has 2 heterocycles. The molecular weight excluding hydrogens is 300 g/mol. The van der Waals surface area contributed by atoms with Gasteiger partial charge in [-0.2, -0.15) is 0 Å². The Hall–Kier alpha value is -2.07. The van der Waals surface area contributed by atoms with Crippen molar-refractivity contribution >= 4 is 0 Å². The highest BCUT2D eigenvalue weighted by Crippen LogP contribution is 2.32. The monoisotopic (exact) mass is 326 g/mol. The molecule has 4 heteroatoms. The van der Waals surface area contributed by atoms with E-state index in [1.165, 1.54) is 16.7 Å². The van der Waals surface area contributed by atoms with E-state index >= 15 is 0 Å². The predicted molar refractivity (Wildman–Crippen MR) is 95.9 cm³/mol. The lowest BCUT2D eigenvalue weighted by Crippen LogP contribution is -2.26. The number of rotatable bonds is 4. The van der Waals surface area contributed by atoms with Crippen molar-refractivity contribution in [3.05, 3.63) is 52.3 Å². The van der Waals surface area contributed by atoms with E-state index in [0.717, 1.165) is 55.4 Å². The number of pyridine rings is 1. The average Bonchev–Trinajstić information content (AvgIpc) is 2.78. The van der Waals surface area contributed by atoms with Crippen molar-refractivity contribution in [3.63, 3.8) is 0 Å². The fraction of sp³-hybridized carbons (Fsp3) is 0.450. The van der Waals surface area contributed by atoms with Crippen LogP contribution in [0.3, 0.4) is 0 Å². The zero-order chi connectivity index (χ0) is 17.1. The molecule has 1 aliphatic rings. The molecule has 0 radical (unpaired) electrons. The van der Waals surface area contributed by atoms with Gasteiger partial charge >= 0.3 is 0 Å². The quantitative estimate of drug-likeness (QED) is 0.863. The van der Waals surface area contributed by atoms with Crippen molar-refractivity contribution in [1.29, 1.82) is 0 Å². The van der Waals surface area contributed by atoms with Crippen LogP contribution in [0.1, 0.15) is 28.1 Å². The van der Waals surface area contributed by atoms with E-state index in [1.54, 1.807) is 14.2 Å². The molecule has 1 aromatic heterocycles. The minimum Gasteiger partial charge on any atom is -0.493 e. The van der Waals surface area contributed by atoms with E-state index < -0.39 is 0 Å². The van der Waals surface area contributed by atoms with Gasteiger partial charge in [-0.1, -0.05) is 6.07 Å². The average molecular weight is 326 g/mol. The summed E-state index contributed by atoms with van der Waals surface area (Å²) in [5.41, 5.74) is 6.28. The van der Waals surface area contributed by atoms with Gasteiger partial charge in [0.2, 0.25) is 0 Å². The van der Waals surface area contributed by atoms with Gasteiger partial charge in [0, 0.05) is 31.0 Å². The maximum atomic E-state index is 5.45. The minimum atomic E-state index is 0.822. The van der Waals surface area contributed by atoms with E-state index in [2.05, 4.69) is 41.1 Å². The smallest absolute Gasteiger partial charge is 0.161 e. The number of benzene rings is 1. The van der Waals surface area contributed by atoms with Gasteiger partial charge in [-0.3, -0.25) is 9.88 Å². The second kappa shape index (κ2) is 7.22. The van der Waals surface area contributed by atoms with Gasteiger partial charge in [0.1, 0.15) is 0 Å². The second-order valence-corrected chi connectivity index (χ2v) is 6.45. The van der Waals surface area contributed by atoms with E-state index in [1.807, 2.05) is 6.92 Å². The number of aryl methyl sites for hydroxylation is 2. The van der Waals surface area contributed by atoms with Crippen LogP contribution in [0.5, 0.6) is 11.5 Å². The molecular formula is C20H26N2O2. The molecule has 1 aliphatic heterocycles. The zero-order valence-electron chi connectivity index (χ0n) is 15.1. The maximum Gasteiger partial charge on any atom is 0.161 e. The summed E-state index contributed by atoms with van der Waals surface area (Å²) in [5, 5.41) is 0. The third-order valence-corrected chi connectivity index (χ3v) is 4.83. The Bertz CT molecular complexity index is 693. The standard InChI is InChI=1S/C20H26N2O2/c1-14-5-6-18(15(2)21-14)13-22-9-7-16-11-19(23-3)20(24-4)12-17(16)8-10-22/h5-6,11-12H,7-10,13H2,1-4H3. The SMILES string of the molecule is COc1cc2c(cc1OC)CCN(Cc1ccc(C)nc1C)CC2. The van der Waals surface area contributed by atoms with Crippen LogP contribution < -0.4 is 9.47 Å². The topological polar surface area (TPSA) is 34.6 Å². The zero-order valence-corrected chi connectivity index (χ0v) is 15.1. The molecule has 128 valence electrons. The molecule has 0 bridgehead atoms. The van der Waals surface area contributed by atoms with Gasteiger partial charge in [-0.05, 0) is 61.6 Å². The predicted octanol–water partition coefficient (Wildman–Crippen LogP) is 3.32. The van der Waals surface area contributed by atoms with Crippen molar-refractivity contribution in [1.82, 2.24) is 9.88 Å². The van der Waals surface area contributed by atoms with E-state index in [4.69, 9.17) is 9.47 Å². The first-order chi connectivity index (χ1) is 11.6. The summed E-state index contributed by atoms with van der Waals surface area (Å²) >= 11 is 0. The summed E-state index contributed by atoms with van der Waals surface area (Å²) in [6.07, 6.45) is 2.07. The summed E-state index contributed by atoms with van der Waals surface area (Å²) < 4.78 is 10.9. The molecule has 0 amide bonds. The number of fused-ring (bicyclic) bond motifs is 1. The number of methoxy groups -OCH3 is 2. The Morgan fingerprint density at radius 3 is 2.04 bits per heavy atom. The van der Waals surface area contributed by atoms with Crippen molar-refractivity contribution in [2.75, 3.05) is 27.3 Å². The van der Waals surface area contributed by atoms with E-state index in [9.17, 15) is 0 Å². The first-order valence-corrected chi connectivity index (χ1v) is 8.50. The number of hydrogen-bond donors (Lipinski definition) is 0. The van der Waals surface area contributed by atoms with Crippen LogP contribution in [0.2, 0.25) is 0 Å². The van der Waals surface area contributed by atoms with Gasteiger partial charge < -0.3 is 9.47 Å². The number of nitrogens with zero attached hydrogens (tertiary/aromatic N) is 2. The molecule has 0 spiro atoms. The van der Waals surface area contributed by atoms with Gasteiger partial charge in [0.15, 0.2) is 11.5 Å². The molecule has 0 N–H and O–H groups in total. The summed E-state index contributed by atoms with van der Waals surface area (Å²) in [6, 6.07) is 8.58. The highest BCUT2D eigenvalue weighted by Gasteiger charge is 2.18. The van der Waals surface area contributed by atoms with Crippen LogP contribution in [-0.4, -0.2) is 37.2 Å². The second-order valence-electron chi connectivity index (χ2n) is 6.45. The Morgan fingerprint density at radius 1 is 0.958 bits per heavy atom. The minimum absolute atomic E-state index is 0.822. The van der Waals surface area contributed by atoms with Crippen LogP contribution in [0.15, 0.2) is 24.3 Å². The maximum absolute atomic E-state index is 5.45. The summed E-state index contributed by atoms with van der Waals surface area (Å²) in [4.78, 5) is 7.10. The van der Waals surface area contributed by atoms with Crippen molar-refractivity contribution < 1.29 is 9.47 Å². The highest BCUT2D eigenvalue weighted by atomic mass is 16.5. The Labute approximate surface area is 144 Å². The molecule has 0 atom stereocenters. The van der Waals surface area contributed by atoms with Gasteiger partial charge in [-0.15, -0.1) is 0 Å². The lowest BCUT2D eigenvalue weighted by atomic mass is 10.0. The first-order valence-electron chi connectivity index (χ1n) is 8.50. The van der Waals surface area contributed by atoms with Crippen molar-refractivity contribution in [2.24, 2.45) is 0 Å². The molecule has 4 nitrogen and oxygen atoms in total. The lowest BCUT2D eigenvalue weighted by Gasteiger charge is -2.20. The molecule has 24 heavy (non-hydrogen) atoms. The largest absolute Gasteiger partial charge is 0.493 e. The summed E-state index contributed by atoms with van der Waals surface area (Å²) in [6.45, 7) is 7.21. The Balaban J connectivity index is 1.75. The molecule has 0 saturated carbocycles. The molecule has 0 fully saturated rings. The van der Waals surface area contributed by atoms with Crippen LogP contribution in [0.4, 0.5) is 0 Å². The number of aromatic nitrogens is 1. The molecule has 0 unspecified atom stereocenters. The highest BCUT2D eigenvalue weighted by molar-refractivity contribution is 5.48. The Kier molecular flexibility index (Phi) is 5.05. The van der Waals surface area contributed by atoms with Gasteiger partial charge in [0.25, 0.3) is 0 Å². The van der Waals surface area contributed by atoms with Crippen molar-refractivity contribution in [3.8, 4) is 11.5 Å². The van der Waals surface area contributed by atoms with Gasteiger partial charge in [-0.25, -0.2) is 0 Å². The first kappa shape index (κ1) is 16.8. The normalized spacial score (nSPS) is 14.8. The van der Waals surface area contributed by atoms with E-state index in [0.29, 0.717) is 0 Å². The molecule has 0 aliphatic carbocycles. The van der Waals surface area contributed by atoms with Gasteiger partial charge in [0.05, 0.1) is 14.2 Å². The summed E-state index contributed by atoms with van der Waals surface area (Å²) in [7, 11) is 3.39. The third kappa shape index (κ3) is 3.54. The van der Waals surface area contributed by atoms with Crippen LogP contribution in [0, 0.1) is 13.8 Å². The van der Waals surface area contributed by atoms with Crippen LogP contribution in [-0.2, 0) is 19.4 Å². The fourth-order valence-corrected chi connectivity index (χ4v) is 3.38. The number of hydrogen-bond acceptors (Lipinski definition) is 4. The van der Waals surface area contributed by atoms with E-state index in [-0.39, 0.29) is 0 Å². The molecule has 2 aromatic rings. The van der Waals surface area contributed by atoms with Crippen LogP contribution >= 0.6 is 0 Å². The molecule has 3 rings (SSSR count). The lowest BCUT2D eigenvalue weighted by molar-refractivity contribution is 0.278. The third-order valence-electron chi connectivity index (χ3n) is 4.83.